The lowest BCUT2D eigenvalue weighted by molar-refractivity contribution is 0.164. The van der Waals surface area contributed by atoms with E-state index in [0.29, 0.717) is 11.6 Å². The number of aromatic hydroxyl groups is 1. The van der Waals surface area contributed by atoms with E-state index in [1.807, 2.05) is 12.1 Å². The van der Waals surface area contributed by atoms with Crippen molar-refractivity contribution < 1.29 is 9.63 Å². The summed E-state index contributed by atoms with van der Waals surface area (Å²) in [7, 11) is 0. The first-order chi connectivity index (χ1) is 11.0. The Bertz CT molecular complexity index is 630. The zero-order valence-corrected chi connectivity index (χ0v) is 13.9. The number of phenolic OH excluding ortho intramolecular Hbond substituents is 1. The van der Waals surface area contributed by atoms with Gasteiger partial charge in [-0.1, -0.05) is 19.0 Å². The van der Waals surface area contributed by atoms with Gasteiger partial charge in [0.1, 0.15) is 5.75 Å². The third kappa shape index (κ3) is 3.47. The molecule has 1 aliphatic heterocycles. The molecule has 0 bridgehead atoms. The van der Waals surface area contributed by atoms with Crippen molar-refractivity contribution in [2.24, 2.45) is 0 Å². The van der Waals surface area contributed by atoms with Gasteiger partial charge in [0, 0.05) is 37.8 Å². The molecule has 1 aliphatic rings. The number of anilines is 1. The van der Waals surface area contributed by atoms with Crippen molar-refractivity contribution >= 4 is 5.69 Å². The summed E-state index contributed by atoms with van der Waals surface area (Å²) in [5.74, 6) is 2.06. The summed E-state index contributed by atoms with van der Waals surface area (Å²) in [6, 6.07) is 7.52. The highest BCUT2D eigenvalue weighted by Crippen LogP contribution is 2.24. The van der Waals surface area contributed by atoms with E-state index in [2.05, 4.69) is 40.7 Å². The molecule has 0 radical (unpaired) electrons. The van der Waals surface area contributed by atoms with Crippen LogP contribution in [0, 0.1) is 0 Å². The second-order valence-corrected chi connectivity index (χ2v) is 6.36. The van der Waals surface area contributed by atoms with Crippen LogP contribution in [0.5, 0.6) is 5.75 Å². The number of hydrogen-bond donors (Lipinski definition) is 1. The molecule has 0 saturated carbocycles. The Kier molecular flexibility index (Phi) is 4.52. The van der Waals surface area contributed by atoms with Crippen LogP contribution >= 0.6 is 0 Å². The molecule has 0 aliphatic carbocycles. The SMILES string of the molecule is CC(C)c1noc([C@@H](C)N2CCN(c3ccc(O)cc3)CC2)n1. The Morgan fingerprint density at radius 1 is 1.04 bits per heavy atom. The van der Waals surface area contributed by atoms with Crippen molar-refractivity contribution in [3.63, 3.8) is 0 Å². The Morgan fingerprint density at radius 2 is 1.70 bits per heavy atom. The predicted octanol–water partition coefficient (Wildman–Crippen LogP) is 2.78. The molecule has 6 nitrogen and oxygen atoms in total. The summed E-state index contributed by atoms with van der Waals surface area (Å²) in [5.41, 5.74) is 1.15. The summed E-state index contributed by atoms with van der Waals surface area (Å²) in [5, 5.41) is 13.4. The predicted molar refractivity (Wildman–Crippen MR) is 88.7 cm³/mol. The van der Waals surface area contributed by atoms with Crippen molar-refractivity contribution in [3.8, 4) is 5.75 Å². The number of piperazine rings is 1. The van der Waals surface area contributed by atoms with E-state index in [4.69, 9.17) is 4.52 Å². The summed E-state index contributed by atoms with van der Waals surface area (Å²) in [6.45, 7) is 10.0. The maximum absolute atomic E-state index is 9.39. The molecule has 1 N–H and O–H groups in total. The van der Waals surface area contributed by atoms with Gasteiger partial charge in [0.25, 0.3) is 0 Å². The molecule has 0 unspecified atom stereocenters. The molecule has 0 amide bonds. The van der Waals surface area contributed by atoms with Crippen LogP contribution in [0.25, 0.3) is 0 Å². The van der Waals surface area contributed by atoms with Gasteiger partial charge in [-0.25, -0.2) is 0 Å². The van der Waals surface area contributed by atoms with Crippen molar-refractivity contribution in [3.05, 3.63) is 36.0 Å². The van der Waals surface area contributed by atoms with E-state index in [-0.39, 0.29) is 12.0 Å². The van der Waals surface area contributed by atoms with Crippen LogP contribution in [0.2, 0.25) is 0 Å². The molecule has 1 aromatic carbocycles. The lowest BCUT2D eigenvalue weighted by atomic mass is 10.2. The minimum absolute atomic E-state index is 0.136. The molecule has 3 rings (SSSR count). The minimum atomic E-state index is 0.136. The zero-order valence-electron chi connectivity index (χ0n) is 13.9. The first kappa shape index (κ1) is 15.8. The van der Waals surface area contributed by atoms with Gasteiger partial charge in [-0.2, -0.15) is 4.98 Å². The summed E-state index contributed by atoms with van der Waals surface area (Å²) < 4.78 is 5.42. The minimum Gasteiger partial charge on any atom is -0.508 e. The lowest BCUT2D eigenvalue weighted by Gasteiger charge is -2.38. The number of benzene rings is 1. The monoisotopic (exact) mass is 316 g/mol. The maximum atomic E-state index is 9.39. The third-order valence-corrected chi connectivity index (χ3v) is 4.41. The molecule has 1 aromatic heterocycles. The van der Waals surface area contributed by atoms with Gasteiger partial charge in [-0.15, -0.1) is 0 Å². The first-order valence-corrected chi connectivity index (χ1v) is 8.16. The molecular weight excluding hydrogens is 292 g/mol. The van der Waals surface area contributed by atoms with Crippen LogP contribution in [0.15, 0.2) is 28.8 Å². The van der Waals surface area contributed by atoms with Gasteiger partial charge in [-0.3, -0.25) is 4.90 Å². The summed E-state index contributed by atoms with van der Waals surface area (Å²) >= 11 is 0. The van der Waals surface area contributed by atoms with Crippen LogP contribution in [-0.2, 0) is 0 Å². The normalized spacial score (nSPS) is 17.7. The Balaban J connectivity index is 1.60. The lowest BCUT2D eigenvalue weighted by Crippen LogP contribution is -2.47. The smallest absolute Gasteiger partial charge is 0.243 e. The molecular formula is C17H24N4O2. The van der Waals surface area contributed by atoms with Crippen molar-refractivity contribution in [1.82, 2.24) is 15.0 Å². The van der Waals surface area contributed by atoms with Crippen molar-refractivity contribution in [2.75, 3.05) is 31.1 Å². The highest BCUT2D eigenvalue weighted by molar-refractivity contribution is 5.49. The molecule has 1 saturated heterocycles. The van der Waals surface area contributed by atoms with E-state index >= 15 is 0 Å². The van der Waals surface area contributed by atoms with Crippen molar-refractivity contribution in [2.45, 2.75) is 32.7 Å². The highest BCUT2D eigenvalue weighted by Gasteiger charge is 2.26. The summed E-state index contributed by atoms with van der Waals surface area (Å²) in [4.78, 5) is 9.21. The Hall–Kier alpha value is -2.08. The molecule has 0 spiro atoms. The molecule has 23 heavy (non-hydrogen) atoms. The van der Waals surface area contributed by atoms with E-state index in [0.717, 1.165) is 37.7 Å². The van der Waals surface area contributed by atoms with Gasteiger partial charge < -0.3 is 14.5 Å². The standard InChI is InChI=1S/C17H24N4O2/c1-12(2)16-18-17(23-19-16)13(3)20-8-10-21(11-9-20)14-4-6-15(22)7-5-14/h4-7,12-13,22H,8-11H2,1-3H3/t13-/m1/s1. The van der Waals surface area contributed by atoms with E-state index in [1.165, 1.54) is 0 Å². The van der Waals surface area contributed by atoms with Crippen molar-refractivity contribution in [1.29, 1.82) is 0 Å². The van der Waals surface area contributed by atoms with Gasteiger partial charge in [-0.05, 0) is 31.2 Å². The van der Waals surface area contributed by atoms with Crippen LogP contribution in [0.3, 0.4) is 0 Å². The average Bonchev–Trinajstić information content (AvgIpc) is 3.05. The molecule has 124 valence electrons. The fourth-order valence-electron chi connectivity index (χ4n) is 2.84. The summed E-state index contributed by atoms with van der Waals surface area (Å²) in [6.07, 6.45) is 0. The van der Waals surface area contributed by atoms with E-state index in [9.17, 15) is 5.11 Å². The zero-order chi connectivity index (χ0) is 16.4. The van der Waals surface area contributed by atoms with E-state index < -0.39 is 0 Å². The quantitative estimate of drug-likeness (QED) is 0.935. The number of nitrogens with zero attached hydrogens (tertiary/aromatic N) is 4. The van der Waals surface area contributed by atoms with Gasteiger partial charge in [0.05, 0.1) is 6.04 Å². The largest absolute Gasteiger partial charge is 0.508 e. The Morgan fingerprint density at radius 3 is 2.26 bits per heavy atom. The van der Waals surface area contributed by atoms with Crippen LogP contribution < -0.4 is 4.90 Å². The first-order valence-electron chi connectivity index (χ1n) is 8.16. The number of phenols is 1. The molecule has 2 heterocycles. The second kappa shape index (κ2) is 6.58. The Labute approximate surface area is 136 Å². The highest BCUT2D eigenvalue weighted by atomic mass is 16.5. The van der Waals surface area contributed by atoms with Crippen LogP contribution in [0.4, 0.5) is 5.69 Å². The van der Waals surface area contributed by atoms with Crippen LogP contribution in [-0.4, -0.2) is 46.3 Å². The molecule has 1 atom stereocenters. The topological polar surface area (TPSA) is 65.6 Å². The average molecular weight is 316 g/mol. The fourth-order valence-corrected chi connectivity index (χ4v) is 2.84. The number of rotatable bonds is 4. The maximum Gasteiger partial charge on any atom is 0.243 e. The van der Waals surface area contributed by atoms with Gasteiger partial charge in [0.2, 0.25) is 5.89 Å². The van der Waals surface area contributed by atoms with E-state index in [1.54, 1.807) is 12.1 Å². The second-order valence-electron chi connectivity index (χ2n) is 6.36. The number of aromatic nitrogens is 2. The van der Waals surface area contributed by atoms with Gasteiger partial charge >= 0.3 is 0 Å². The molecule has 1 fully saturated rings. The third-order valence-electron chi connectivity index (χ3n) is 4.41. The van der Waals surface area contributed by atoms with Gasteiger partial charge in [0.15, 0.2) is 5.82 Å². The fraction of sp³-hybridized carbons (Fsp3) is 0.529. The molecule has 2 aromatic rings. The van der Waals surface area contributed by atoms with Crippen LogP contribution in [0.1, 0.15) is 44.4 Å². The number of hydrogen-bond acceptors (Lipinski definition) is 6. The molecule has 6 heteroatoms.